The van der Waals surface area contributed by atoms with Crippen molar-refractivity contribution in [3.05, 3.63) is 11.6 Å². The molecule has 0 unspecified atom stereocenters. The van der Waals surface area contributed by atoms with Crippen molar-refractivity contribution in [1.29, 1.82) is 0 Å². The van der Waals surface area contributed by atoms with Gasteiger partial charge in [0.1, 0.15) is 0 Å². The van der Waals surface area contributed by atoms with E-state index in [-0.39, 0.29) is 11.5 Å². The topological polar surface area (TPSA) is 87.1 Å². The molecule has 8 heteroatoms. The molecule has 1 saturated heterocycles. The highest BCUT2D eigenvalue weighted by molar-refractivity contribution is 7.99. The number of amides is 1. The summed E-state index contributed by atoms with van der Waals surface area (Å²) in [6.07, 6.45) is 12.4. The lowest BCUT2D eigenvalue weighted by Gasteiger charge is -2.58. The average Bonchev–Trinajstić information content (AvgIpc) is 3.19. The number of phosphoric ester groups is 1. The van der Waals surface area contributed by atoms with Crippen LogP contribution in [-0.2, 0) is 13.9 Å². The molecular formula is C28H46NO5PS. The largest absolute Gasteiger partial charge is 0.469 e. The third kappa shape index (κ3) is 5.13. The summed E-state index contributed by atoms with van der Waals surface area (Å²) in [6.45, 7) is 9.24. The lowest BCUT2D eigenvalue weighted by Crippen LogP contribution is -2.51. The number of hydrogen-bond acceptors (Lipinski definition) is 4. The summed E-state index contributed by atoms with van der Waals surface area (Å²) in [5, 5.41) is 0. The zero-order chi connectivity index (χ0) is 25.7. The first kappa shape index (κ1) is 27.2. The molecule has 1 heterocycles. The Hall–Kier alpha value is -0.330. The summed E-state index contributed by atoms with van der Waals surface area (Å²) >= 11 is 1.95. The number of allylic oxidation sites excluding steroid dienone is 1. The minimum Gasteiger partial charge on any atom is -0.341 e. The molecule has 5 rings (SSSR count). The molecule has 3 saturated carbocycles. The fraction of sp³-hybridized carbons (Fsp3) is 0.893. The Labute approximate surface area is 221 Å². The summed E-state index contributed by atoms with van der Waals surface area (Å²) in [5.74, 6) is 5.95. The highest BCUT2D eigenvalue weighted by atomic mass is 32.2. The van der Waals surface area contributed by atoms with Crippen LogP contribution in [0.3, 0.4) is 0 Å². The van der Waals surface area contributed by atoms with Crippen molar-refractivity contribution < 1.29 is 23.7 Å². The van der Waals surface area contributed by atoms with E-state index < -0.39 is 7.82 Å². The Morgan fingerprint density at radius 3 is 2.64 bits per heavy atom. The van der Waals surface area contributed by atoms with E-state index in [4.69, 9.17) is 4.52 Å². The maximum absolute atomic E-state index is 12.8. The molecule has 0 aromatic rings. The molecule has 1 amide bonds. The molecule has 0 bridgehead atoms. The number of hydrogen-bond donors (Lipinski definition) is 2. The second-order valence-corrected chi connectivity index (χ2v) is 15.4. The Morgan fingerprint density at radius 2 is 1.92 bits per heavy atom. The summed E-state index contributed by atoms with van der Waals surface area (Å²) < 4.78 is 16.5. The van der Waals surface area contributed by atoms with Crippen molar-refractivity contribution in [3.63, 3.8) is 0 Å². The number of thioether (sulfide) groups is 1. The standard InChI is InChI=1S/C28H46NO5PS/c1-19(4-9-26(30)29-14-16-36-17-15-29)23-7-8-24-22-6-5-20-18-21(34-35(31,32)33)10-12-27(20,2)25(22)11-13-28(23,24)3/h5,19,21-25H,4,6-18H2,1-3H3,(H2,31,32,33)/t19-,21+,22+,23-,24+,25+,27+,28-/m1/s1. The third-order valence-electron chi connectivity index (χ3n) is 11.3. The van der Waals surface area contributed by atoms with Gasteiger partial charge >= 0.3 is 7.82 Å². The maximum atomic E-state index is 12.8. The van der Waals surface area contributed by atoms with E-state index in [0.29, 0.717) is 47.8 Å². The lowest BCUT2D eigenvalue weighted by atomic mass is 9.47. The molecule has 2 N–H and O–H groups in total. The predicted molar refractivity (Wildman–Crippen MR) is 144 cm³/mol. The van der Waals surface area contributed by atoms with E-state index in [1.807, 2.05) is 11.8 Å². The first-order valence-electron chi connectivity index (χ1n) is 14.3. The summed E-state index contributed by atoms with van der Waals surface area (Å²) in [7, 11) is -4.44. The van der Waals surface area contributed by atoms with Crippen LogP contribution in [0.4, 0.5) is 0 Å². The van der Waals surface area contributed by atoms with Crippen LogP contribution in [0.5, 0.6) is 0 Å². The van der Waals surface area contributed by atoms with Crippen molar-refractivity contribution in [3.8, 4) is 0 Å². The Morgan fingerprint density at radius 1 is 1.17 bits per heavy atom. The molecule has 4 fully saturated rings. The normalized spacial score (nSPS) is 41.6. The van der Waals surface area contributed by atoms with Crippen molar-refractivity contribution in [2.75, 3.05) is 24.6 Å². The molecule has 0 aromatic carbocycles. The van der Waals surface area contributed by atoms with Gasteiger partial charge in [-0.15, -0.1) is 0 Å². The molecule has 8 atom stereocenters. The molecule has 5 aliphatic rings. The second kappa shape index (κ2) is 10.3. The SMILES string of the molecule is C[C@H](CCC(=O)N1CCSCC1)[C@H]1CC[C@H]2[C@@H]3CC=C4C[C@@H](OP(=O)(O)O)CC[C@]4(C)[C@H]3CC[C@]12C. The molecule has 1 aliphatic heterocycles. The van der Waals surface area contributed by atoms with Gasteiger partial charge in [0.2, 0.25) is 5.91 Å². The third-order valence-corrected chi connectivity index (χ3v) is 12.8. The van der Waals surface area contributed by atoms with Crippen LogP contribution in [0.15, 0.2) is 11.6 Å². The zero-order valence-corrected chi connectivity index (χ0v) is 24.1. The zero-order valence-electron chi connectivity index (χ0n) is 22.4. The van der Waals surface area contributed by atoms with Gasteiger partial charge in [-0.3, -0.25) is 9.32 Å². The fourth-order valence-electron chi connectivity index (χ4n) is 9.41. The van der Waals surface area contributed by atoms with Crippen molar-refractivity contribution >= 4 is 25.5 Å². The molecule has 0 spiro atoms. The number of carbonyl (C=O) groups excluding carboxylic acids is 1. The molecular weight excluding hydrogens is 493 g/mol. The van der Waals surface area contributed by atoms with Crippen molar-refractivity contribution in [2.24, 2.45) is 40.4 Å². The monoisotopic (exact) mass is 539 g/mol. The second-order valence-electron chi connectivity index (χ2n) is 13.0. The van der Waals surface area contributed by atoms with E-state index in [1.54, 1.807) is 0 Å². The highest BCUT2D eigenvalue weighted by Gasteiger charge is 2.59. The van der Waals surface area contributed by atoms with Crippen molar-refractivity contribution in [2.45, 2.75) is 91.1 Å². The van der Waals surface area contributed by atoms with Crippen LogP contribution < -0.4 is 0 Å². The maximum Gasteiger partial charge on any atom is 0.469 e. The predicted octanol–water partition coefficient (Wildman–Crippen LogP) is 6.04. The van der Waals surface area contributed by atoms with Crippen LogP contribution in [0.25, 0.3) is 0 Å². The number of nitrogens with zero attached hydrogens (tertiary/aromatic N) is 1. The number of phosphoric acid groups is 1. The Kier molecular flexibility index (Phi) is 7.82. The van der Waals surface area contributed by atoms with Crippen LogP contribution in [-0.4, -0.2) is 51.3 Å². The van der Waals surface area contributed by atoms with Gasteiger partial charge in [-0.2, -0.15) is 11.8 Å². The van der Waals surface area contributed by atoms with Gasteiger partial charge in [0, 0.05) is 31.0 Å². The van der Waals surface area contributed by atoms with Crippen LogP contribution >= 0.6 is 19.6 Å². The Balaban J connectivity index is 1.24. The molecule has 0 radical (unpaired) electrons. The van der Waals surface area contributed by atoms with Crippen molar-refractivity contribution in [1.82, 2.24) is 4.90 Å². The minimum absolute atomic E-state index is 0.141. The van der Waals surface area contributed by atoms with Gasteiger partial charge in [-0.1, -0.05) is 32.4 Å². The summed E-state index contributed by atoms with van der Waals surface area (Å²) in [4.78, 5) is 33.5. The van der Waals surface area contributed by atoms with E-state index in [1.165, 1.54) is 31.3 Å². The van der Waals surface area contributed by atoms with Gasteiger partial charge in [0.15, 0.2) is 0 Å². The summed E-state index contributed by atoms with van der Waals surface area (Å²) in [6, 6.07) is 0. The van der Waals surface area contributed by atoms with E-state index in [2.05, 4.69) is 31.7 Å². The van der Waals surface area contributed by atoms with E-state index >= 15 is 0 Å². The molecule has 6 nitrogen and oxygen atoms in total. The number of rotatable bonds is 6. The lowest BCUT2D eigenvalue weighted by molar-refractivity contribution is -0.131. The van der Waals surface area contributed by atoms with Crippen LogP contribution in [0.2, 0.25) is 0 Å². The van der Waals surface area contributed by atoms with Gasteiger partial charge < -0.3 is 14.7 Å². The first-order chi connectivity index (χ1) is 17.0. The highest BCUT2D eigenvalue weighted by Crippen LogP contribution is 2.67. The average molecular weight is 540 g/mol. The van der Waals surface area contributed by atoms with Crippen LogP contribution in [0, 0.1) is 40.4 Å². The Bertz CT molecular complexity index is 916. The van der Waals surface area contributed by atoms with E-state index in [9.17, 15) is 19.1 Å². The van der Waals surface area contributed by atoms with Gasteiger partial charge in [-0.05, 0) is 98.2 Å². The first-order valence-corrected chi connectivity index (χ1v) is 17.0. The summed E-state index contributed by atoms with van der Waals surface area (Å²) in [5.41, 5.74) is 1.89. The van der Waals surface area contributed by atoms with Crippen LogP contribution in [0.1, 0.15) is 85.0 Å². The fourth-order valence-corrected chi connectivity index (χ4v) is 10.9. The van der Waals surface area contributed by atoms with E-state index in [0.717, 1.165) is 56.2 Å². The molecule has 36 heavy (non-hydrogen) atoms. The molecule has 4 aliphatic carbocycles. The smallest absolute Gasteiger partial charge is 0.341 e. The minimum atomic E-state index is -4.44. The molecule has 0 aromatic heterocycles. The quantitative estimate of drug-likeness (QED) is 0.316. The number of carbonyl (C=O) groups is 1. The van der Waals surface area contributed by atoms with Gasteiger partial charge in [0.05, 0.1) is 6.10 Å². The number of fused-ring (bicyclic) bond motifs is 5. The molecule has 204 valence electrons. The van der Waals surface area contributed by atoms with Gasteiger partial charge in [0.25, 0.3) is 0 Å². The van der Waals surface area contributed by atoms with Gasteiger partial charge in [-0.25, -0.2) is 4.57 Å².